The molecule has 33 heavy (non-hydrogen) atoms. The second-order valence-electron chi connectivity index (χ2n) is 7.28. The molecule has 0 spiro atoms. The van der Waals surface area contributed by atoms with Crippen molar-refractivity contribution < 1.29 is 19.3 Å². The molecule has 3 N–H and O–H groups in total. The largest absolute Gasteiger partial charge is 0.338 e. The van der Waals surface area contributed by atoms with E-state index in [4.69, 9.17) is 12.2 Å². The number of carbonyl (C=O) groups is 3. The molecule has 170 valence electrons. The van der Waals surface area contributed by atoms with Gasteiger partial charge in [0.2, 0.25) is 17.7 Å². The molecule has 0 aromatic heterocycles. The van der Waals surface area contributed by atoms with Gasteiger partial charge in [-0.15, -0.1) is 0 Å². The van der Waals surface area contributed by atoms with Crippen LogP contribution >= 0.6 is 12.2 Å². The lowest BCUT2D eigenvalue weighted by Gasteiger charge is -2.17. The maximum absolute atomic E-state index is 12.4. The predicted octanol–water partition coefficient (Wildman–Crippen LogP) is 1.68. The van der Waals surface area contributed by atoms with E-state index in [1.165, 1.54) is 24.3 Å². The molecule has 1 heterocycles. The third-order valence-electron chi connectivity index (χ3n) is 4.85. The first kappa shape index (κ1) is 23.5. The standard InChI is InChI=1S/C22H21N5O5S/c28-19(10-9-15-7-4-8-18(11-15)27(31)32)23-22(33)25-24-21(30)17-12-20(29)26(14-17)13-16-5-2-1-3-6-16/h1-11,17H,12-14H2,(H,24,30)(H2,23,25,28,33)/b10-9+. The van der Waals surface area contributed by atoms with Gasteiger partial charge in [-0.2, -0.15) is 0 Å². The molecular weight excluding hydrogens is 446 g/mol. The zero-order valence-corrected chi connectivity index (χ0v) is 18.2. The van der Waals surface area contributed by atoms with Crippen LogP contribution in [0.25, 0.3) is 6.08 Å². The molecule has 0 bridgehead atoms. The Morgan fingerprint density at radius 2 is 1.91 bits per heavy atom. The first-order chi connectivity index (χ1) is 15.8. The molecule has 2 aromatic rings. The van der Waals surface area contributed by atoms with E-state index in [0.29, 0.717) is 12.1 Å². The van der Waals surface area contributed by atoms with Crippen LogP contribution in [0, 0.1) is 16.0 Å². The average molecular weight is 468 g/mol. The molecule has 2 aromatic carbocycles. The molecule has 1 fully saturated rings. The summed E-state index contributed by atoms with van der Waals surface area (Å²) in [6, 6.07) is 15.3. The third-order valence-corrected chi connectivity index (χ3v) is 5.05. The van der Waals surface area contributed by atoms with Crippen molar-refractivity contribution in [3.8, 4) is 0 Å². The number of thiocarbonyl (C=S) groups is 1. The van der Waals surface area contributed by atoms with E-state index in [1.54, 1.807) is 11.0 Å². The Labute approximate surface area is 194 Å². The molecule has 1 aliphatic heterocycles. The third kappa shape index (κ3) is 6.94. The van der Waals surface area contributed by atoms with E-state index in [9.17, 15) is 24.5 Å². The van der Waals surface area contributed by atoms with E-state index in [1.807, 2.05) is 30.3 Å². The summed E-state index contributed by atoms with van der Waals surface area (Å²) in [4.78, 5) is 48.5. The van der Waals surface area contributed by atoms with Crippen LogP contribution in [0.1, 0.15) is 17.5 Å². The zero-order chi connectivity index (χ0) is 23.8. The van der Waals surface area contributed by atoms with Gasteiger partial charge in [-0.25, -0.2) is 0 Å². The number of hydrogen-bond acceptors (Lipinski definition) is 6. The molecule has 0 radical (unpaired) electrons. The van der Waals surface area contributed by atoms with Crippen molar-refractivity contribution in [1.29, 1.82) is 0 Å². The summed E-state index contributed by atoms with van der Waals surface area (Å²) in [5.74, 6) is -1.65. The van der Waals surface area contributed by atoms with E-state index >= 15 is 0 Å². The Balaban J connectivity index is 1.43. The van der Waals surface area contributed by atoms with Crippen LogP contribution in [0.5, 0.6) is 0 Å². The quantitative estimate of drug-likeness (QED) is 0.255. The van der Waals surface area contributed by atoms with Gasteiger partial charge in [0.05, 0.1) is 10.8 Å². The fraction of sp³-hybridized carbons (Fsp3) is 0.182. The Kier molecular flexibility index (Phi) is 7.82. The lowest BCUT2D eigenvalue weighted by atomic mass is 10.1. The lowest BCUT2D eigenvalue weighted by molar-refractivity contribution is -0.384. The average Bonchev–Trinajstić information content (AvgIpc) is 3.17. The summed E-state index contributed by atoms with van der Waals surface area (Å²) in [7, 11) is 0. The number of non-ortho nitro benzene ring substituents is 1. The van der Waals surface area contributed by atoms with Crippen LogP contribution in [-0.2, 0) is 20.9 Å². The van der Waals surface area contributed by atoms with Gasteiger partial charge in [0.1, 0.15) is 0 Å². The van der Waals surface area contributed by atoms with Crippen LogP contribution < -0.4 is 16.2 Å². The van der Waals surface area contributed by atoms with Gasteiger partial charge in [0.25, 0.3) is 5.69 Å². The summed E-state index contributed by atoms with van der Waals surface area (Å²) in [6.07, 6.45) is 2.65. The molecule has 1 aliphatic rings. The Morgan fingerprint density at radius 1 is 1.15 bits per heavy atom. The highest BCUT2D eigenvalue weighted by molar-refractivity contribution is 7.80. The molecule has 0 aliphatic carbocycles. The van der Waals surface area contributed by atoms with Crippen molar-refractivity contribution in [2.24, 2.45) is 5.92 Å². The fourth-order valence-corrected chi connectivity index (χ4v) is 3.38. The fourth-order valence-electron chi connectivity index (χ4n) is 3.22. The summed E-state index contributed by atoms with van der Waals surface area (Å²) in [5.41, 5.74) is 6.20. The van der Waals surface area contributed by atoms with Gasteiger partial charge in [-0.05, 0) is 29.4 Å². The summed E-state index contributed by atoms with van der Waals surface area (Å²) in [5, 5.41) is 13.0. The van der Waals surface area contributed by atoms with E-state index in [0.717, 1.165) is 11.6 Å². The number of nitrogens with one attached hydrogen (secondary N) is 3. The second kappa shape index (κ2) is 11.0. The summed E-state index contributed by atoms with van der Waals surface area (Å²) < 4.78 is 0. The molecule has 3 amide bonds. The van der Waals surface area contributed by atoms with Crippen LogP contribution in [-0.4, -0.2) is 39.2 Å². The Hall–Kier alpha value is -4.12. The molecule has 1 saturated heterocycles. The van der Waals surface area contributed by atoms with Crippen LogP contribution in [0.4, 0.5) is 5.69 Å². The van der Waals surface area contributed by atoms with Gasteiger partial charge >= 0.3 is 0 Å². The number of hydrazine groups is 1. The molecule has 11 heteroatoms. The number of nitrogens with zero attached hydrogens (tertiary/aromatic N) is 2. The van der Waals surface area contributed by atoms with Crippen molar-refractivity contribution in [3.05, 3.63) is 81.9 Å². The summed E-state index contributed by atoms with van der Waals surface area (Å²) >= 11 is 4.98. The van der Waals surface area contributed by atoms with E-state index in [2.05, 4.69) is 16.2 Å². The number of hydrogen-bond donors (Lipinski definition) is 3. The SMILES string of the molecule is O=C(/C=C/c1cccc([N+](=O)[O-])c1)NC(=S)NNC(=O)C1CC(=O)N(Cc2ccccc2)C1. The van der Waals surface area contributed by atoms with Gasteiger partial charge in [0.15, 0.2) is 5.11 Å². The van der Waals surface area contributed by atoms with Gasteiger partial charge < -0.3 is 4.90 Å². The van der Waals surface area contributed by atoms with Crippen molar-refractivity contribution in [3.63, 3.8) is 0 Å². The second-order valence-corrected chi connectivity index (χ2v) is 7.69. The van der Waals surface area contributed by atoms with Crippen molar-refractivity contribution in [1.82, 2.24) is 21.1 Å². The lowest BCUT2D eigenvalue weighted by Crippen LogP contribution is -2.50. The molecule has 0 saturated carbocycles. The number of nitro groups is 1. The highest BCUT2D eigenvalue weighted by Crippen LogP contribution is 2.20. The Morgan fingerprint density at radius 3 is 2.64 bits per heavy atom. The van der Waals surface area contributed by atoms with Crippen LogP contribution in [0.3, 0.4) is 0 Å². The maximum Gasteiger partial charge on any atom is 0.270 e. The number of nitro benzene ring substituents is 1. The minimum absolute atomic E-state index is 0.0887. The van der Waals surface area contributed by atoms with Crippen molar-refractivity contribution in [2.75, 3.05) is 6.54 Å². The van der Waals surface area contributed by atoms with Gasteiger partial charge in [-0.3, -0.25) is 40.7 Å². The Bertz CT molecular complexity index is 1110. The highest BCUT2D eigenvalue weighted by atomic mass is 32.1. The minimum Gasteiger partial charge on any atom is -0.338 e. The molecule has 10 nitrogen and oxygen atoms in total. The zero-order valence-electron chi connectivity index (χ0n) is 17.4. The van der Waals surface area contributed by atoms with Crippen molar-refractivity contribution in [2.45, 2.75) is 13.0 Å². The van der Waals surface area contributed by atoms with Gasteiger partial charge in [-0.1, -0.05) is 42.5 Å². The number of likely N-dealkylation sites (tertiary alicyclic amines) is 1. The first-order valence-electron chi connectivity index (χ1n) is 9.97. The number of carbonyl (C=O) groups excluding carboxylic acids is 3. The molecule has 3 rings (SSSR count). The topological polar surface area (TPSA) is 134 Å². The molecular formula is C22H21N5O5S. The maximum atomic E-state index is 12.4. The smallest absolute Gasteiger partial charge is 0.270 e. The number of benzene rings is 2. The molecule has 1 unspecified atom stereocenters. The molecule has 1 atom stereocenters. The minimum atomic E-state index is -0.585. The number of rotatable bonds is 6. The van der Waals surface area contributed by atoms with Crippen LogP contribution in [0.15, 0.2) is 60.7 Å². The van der Waals surface area contributed by atoms with E-state index in [-0.39, 0.29) is 29.7 Å². The highest BCUT2D eigenvalue weighted by Gasteiger charge is 2.34. The predicted molar refractivity (Wildman–Crippen MR) is 124 cm³/mol. The monoisotopic (exact) mass is 467 g/mol. The van der Waals surface area contributed by atoms with Crippen molar-refractivity contribution >= 4 is 46.8 Å². The normalized spacial score (nSPS) is 15.3. The number of amides is 3. The van der Waals surface area contributed by atoms with Crippen LogP contribution in [0.2, 0.25) is 0 Å². The van der Waals surface area contributed by atoms with Gasteiger partial charge in [0, 0.05) is 37.7 Å². The first-order valence-corrected chi connectivity index (χ1v) is 10.4. The summed E-state index contributed by atoms with van der Waals surface area (Å²) in [6.45, 7) is 0.717. The van der Waals surface area contributed by atoms with E-state index < -0.39 is 22.7 Å².